The Morgan fingerprint density at radius 3 is 2.22 bits per heavy atom. The van der Waals surface area contributed by atoms with Crippen molar-refractivity contribution in [2.45, 2.75) is 63.9 Å². The van der Waals surface area contributed by atoms with Gasteiger partial charge in [-0.3, -0.25) is 0 Å². The van der Waals surface area contributed by atoms with Crippen LogP contribution in [-0.4, -0.2) is 11.2 Å². The Hall–Kier alpha value is -0.820. The van der Waals surface area contributed by atoms with Crippen molar-refractivity contribution in [2.75, 3.05) is 0 Å². The van der Waals surface area contributed by atoms with Gasteiger partial charge in [0.25, 0.3) is 0 Å². The summed E-state index contributed by atoms with van der Waals surface area (Å²) in [5.74, 6) is 0.558. The van der Waals surface area contributed by atoms with Gasteiger partial charge in [0.15, 0.2) is 0 Å². The Balaban J connectivity index is 2.28. The molecule has 1 aromatic carbocycles. The number of hydrogen-bond donors (Lipinski definition) is 1. The third-order valence-corrected chi connectivity index (χ3v) is 4.43. The molecule has 1 aliphatic rings. The van der Waals surface area contributed by atoms with Gasteiger partial charge in [0.2, 0.25) is 0 Å². The Bertz CT molecular complexity index is 349. The molecule has 0 heterocycles. The molecular weight excluding hydrogens is 220 g/mol. The average molecular weight is 246 g/mol. The number of benzene rings is 1. The summed E-state index contributed by atoms with van der Waals surface area (Å²) in [5, 5.41) is 10.7. The molecule has 0 aromatic heterocycles. The largest absolute Gasteiger partial charge is 0.392 e. The van der Waals surface area contributed by atoms with Crippen molar-refractivity contribution in [2.24, 2.45) is 5.92 Å². The van der Waals surface area contributed by atoms with Crippen LogP contribution in [0.15, 0.2) is 30.3 Å². The fraction of sp³-hybridized carbons (Fsp3) is 0.647. The molecule has 1 nitrogen and oxygen atoms in total. The lowest BCUT2D eigenvalue weighted by molar-refractivity contribution is 0.0376. The second kappa shape index (κ2) is 5.88. The number of rotatable bonds is 4. The summed E-state index contributed by atoms with van der Waals surface area (Å²) in [7, 11) is 0. The van der Waals surface area contributed by atoms with Crippen molar-refractivity contribution in [3.8, 4) is 0 Å². The Morgan fingerprint density at radius 1 is 1.06 bits per heavy atom. The van der Waals surface area contributed by atoms with Crippen molar-refractivity contribution in [1.82, 2.24) is 0 Å². The van der Waals surface area contributed by atoms with E-state index in [4.69, 9.17) is 0 Å². The Labute approximate surface area is 111 Å². The molecule has 1 saturated carbocycles. The van der Waals surface area contributed by atoms with Crippen molar-refractivity contribution >= 4 is 0 Å². The topological polar surface area (TPSA) is 20.2 Å². The summed E-state index contributed by atoms with van der Waals surface area (Å²) < 4.78 is 0. The van der Waals surface area contributed by atoms with Crippen molar-refractivity contribution < 1.29 is 5.11 Å². The highest BCUT2D eigenvalue weighted by Gasteiger charge is 2.40. The predicted molar refractivity (Wildman–Crippen MR) is 76.7 cm³/mol. The molecule has 2 rings (SSSR count). The van der Waals surface area contributed by atoms with Gasteiger partial charge in [-0.05, 0) is 30.7 Å². The average Bonchev–Trinajstić information content (AvgIpc) is 2.40. The molecule has 0 aliphatic heterocycles. The van der Waals surface area contributed by atoms with E-state index in [9.17, 15) is 5.11 Å². The second-order valence-corrected chi connectivity index (χ2v) is 6.23. The van der Waals surface area contributed by atoms with Crippen LogP contribution < -0.4 is 0 Å². The summed E-state index contributed by atoms with van der Waals surface area (Å²) >= 11 is 0. The van der Waals surface area contributed by atoms with E-state index in [0.29, 0.717) is 5.92 Å². The van der Waals surface area contributed by atoms with Gasteiger partial charge in [0.05, 0.1) is 6.10 Å². The van der Waals surface area contributed by atoms with Crippen LogP contribution in [0.25, 0.3) is 0 Å². The smallest absolute Gasteiger partial charge is 0.0639 e. The van der Waals surface area contributed by atoms with E-state index < -0.39 is 0 Å². The molecule has 0 saturated heterocycles. The minimum Gasteiger partial charge on any atom is -0.392 e. The first-order valence-electron chi connectivity index (χ1n) is 7.39. The molecule has 0 bridgehead atoms. The van der Waals surface area contributed by atoms with Gasteiger partial charge in [0.1, 0.15) is 0 Å². The monoisotopic (exact) mass is 246 g/mol. The van der Waals surface area contributed by atoms with Crippen molar-refractivity contribution in [3.05, 3.63) is 35.9 Å². The third kappa shape index (κ3) is 2.77. The highest BCUT2D eigenvalue weighted by atomic mass is 16.3. The zero-order chi connectivity index (χ0) is 13.0. The summed E-state index contributed by atoms with van der Waals surface area (Å²) in [6.45, 7) is 4.40. The highest BCUT2D eigenvalue weighted by molar-refractivity contribution is 5.27. The number of hydrogen-bond acceptors (Lipinski definition) is 1. The van der Waals surface area contributed by atoms with Gasteiger partial charge in [-0.25, -0.2) is 0 Å². The Morgan fingerprint density at radius 2 is 1.67 bits per heavy atom. The molecule has 0 radical (unpaired) electrons. The lowest BCUT2D eigenvalue weighted by atomic mass is 9.64. The van der Waals surface area contributed by atoms with Crippen LogP contribution in [0, 0.1) is 5.92 Å². The molecular formula is C17H26O. The summed E-state index contributed by atoms with van der Waals surface area (Å²) in [6, 6.07) is 10.7. The van der Waals surface area contributed by atoms with Crippen LogP contribution in [0.2, 0.25) is 0 Å². The molecule has 1 unspecified atom stereocenters. The molecule has 0 spiro atoms. The Kier molecular flexibility index (Phi) is 4.45. The molecule has 0 amide bonds. The molecule has 1 atom stereocenters. The van der Waals surface area contributed by atoms with E-state index >= 15 is 0 Å². The number of aliphatic hydroxyl groups excluding tert-OH is 1. The quantitative estimate of drug-likeness (QED) is 0.840. The summed E-state index contributed by atoms with van der Waals surface area (Å²) in [5.41, 5.74) is 1.36. The molecule has 1 heteroatoms. The van der Waals surface area contributed by atoms with Crippen molar-refractivity contribution in [1.29, 1.82) is 0 Å². The van der Waals surface area contributed by atoms with E-state index in [1.54, 1.807) is 0 Å². The van der Waals surface area contributed by atoms with E-state index in [2.05, 4.69) is 44.2 Å². The van der Waals surface area contributed by atoms with Gasteiger partial charge in [-0.15, -0.1) is 0 Å². The molecule has 18 heavy (non-hydrogen) atoms. The van der Waals surface area contributed by atoms with E-state index in [0.717, 1.165) is 19.3 Å². The van der Waals surface area contributed by atoms with Crippen LogP contribution in [0.5, 0.6) is 0 Å². The molecule has 1 aliphatic carbocycles. The predicted octanol–water partition coefficient (Wildman–Crippen LogP) is 4.30. The lowest BCUT2D eigenvalue weighted by Gasteiger charge is -2.42. The zero-order valence-corrected chi connectivity index (χ0v) is 11.7. The van der Waals surface area contributed by atoms with E-state index in [1.165, 1.54) is 24.8 Å². The first-order valence-corrected chi connectivity index (χ1v) is 7.39. The summed E-state index contributed by atoms with van der Waals surface area (Å²) in [6.07, 6.45) is 6.84. The summed E-state index contributed by atoms with van der Waals surface area (Å²) in [4.78, 5) is 0. The molecule has 1 N–H and O–H groups in total. The van der Waals surface area contributed by atoms with E-state index in [1.807, 2.05) is 0 Å². The van der Waals surface area contributed by atoms with Crippen LogP contribution in [0.1, 0.15) is 57.9 Å². The molecule has 1 aromatic rings. The molecule has 100 valence electrons. The third-order valence-electron chi connectivity index (χ3n) is 4.43. The zero-order valence-electron chi connectivity index (χ0n) is 11.7. The van der Waals surface area contributed by atoms with Crippen LogP contribution in [-0.2, 0) is 5.41 Å². The first-order chi connectivity index (χ1) is 8.65. The maximum Gasteiger partial charge on any atom is 0.0639 e. The highest BCUT2D eigenvalue weighted by Crippen LogP contribution is 2.43. The fourth-order valence-electron chi connectivity index (χ4n) is 3.44. The van der Waals surface area contributed by atoms with Gasteiger partial charge in [0, 0.05) is 5.41 Å². The van der Waals surface area contributed by atoms with E-state index in [-0.39, 0.29) is 11.5 Å². The SMILES string of the molecule is CC(C)CC(O)C1(c2ccccc2)CCCCC1. The van der Waals surface area contributed by atoms with Crippen molar-refractivity contribution in [3.63, 3.8) is 0 Å². The van der Waals surface area contributed by atoms with Gasteiger partial charge in [-0.2, -0.15) is 0 Å². The van der Waals surface area contributed by atoms with Gasteiger partial charge >= 0.3 is 0 Å². The fourth-order valence-corrected chi connectivity index (χ4v) is 3.44. The minimum absolute atomic E-state index is 0.0176. The maximum absolute atomic E-state index is 10.7. The van der Waals surface area contributed by atoms with Gasteiger partial charge in [-0.1, -0.05) is 63.4 Å². The maximum atomic E-state index is 10.7. The standard InChI is InChI=1S/C17H26O/c1-14(2)13-16(18)17(11-7-4-8-12-17)15-9-5-3-6-10-15/h3,5-6,9-10,14,16,18H,4,7-8,11-13H2,1-2H3. The normalized spacial score (nSPS) is 20.9. The van der Waals surface area contributed by atoms with Gasteiger partial charge < -0.3 is 5.11 Å². The second-order valence-electron chi connectivity index (χ2n) is 6.23. The number of aliphatic hydroxyl groups is 1. The van der Waals surface area contributed by atoms with Crippen LogP contribution in [0.4, 0.5) is 0 Å². The molecule has 1 fully saturated rings. The lowest BCUT2D eigenvalue weighted by Crippen LogP contribution is -2.42. The van der Waals surface area contributed by atoms with Crippen LogP contribution in [0.3, 0.4) is 0 Å². The minimum atomic E-state index is -0.194. The first kappa shape index (κ1) is 13.6. The van der Waals surface area contributed by atoms with Crippen LogP contribution >= 0.6 is 0 Å².